The van der Waals surface area contributed by atoms with E-state index < -0.39 is 0 Å². The molecule has 0 radical (unpaired) electrons. The lowest BCUT2D eigenvalue weighted by Crippen LogP contribution is -2.46. The molecule has 0 aliphatic carbocycles. The van der Waals surface area contributed by atoms with E-state index in [0.717, 1.165) is 26.2 Å². The van der Waals surface area contributed by atoms with Crippen molar-refractivity contribution in [3.8, 4) is 0 Å². The van der Waals surface area contributed by atoms with E-state index in [2.05, 4.69) is 40.5 Å². The van der Waals surface area contributed by atoms with Crippen molar-refractivity contribution >= 4 is 0 Å². The lowest BCUT2D eigenvalue weighted by atomic mass is 10.0. The van der Waals surface area contributed by atoms with Gasteiger partial charge >= 0.3 is 0 Å². The average Bonchev–Trinajstić information content (AvgIpc) is 2.55. The molecule has 20 heavy (non-hydrogen) atoms. The van der Waals surface area contributed by atoms with Crippen molar-refractivity contribution in [2.45, 2.75) is 37.8 Å². The zero-order valence-corrected chi connectivity index (χ0v) is 12.3. The summed E-state index contributed by atoms with van der Waals surface area (Å²) < 4.78 is 5.84. The van der Waals surface area contributed by atoms with Crippen molar-refractivity contribution in [3.05, 3.63) is 35.9 Å². The smallest absolute Gasteiger partial charge is 0.0587 e. The molecule has 2 unspecified atom stereocenters. The monoisotopic (exact) mass is 274 g/mol. The van der Waals surface area contributed by atoms with Gasteiger partial charge in [-0.2, -0.15) is 0 Å². The molecule has 0 amide bonds. The summed E-state index contributed by atoms with van der Waals surface area (Å²) in [6.45, 7) is 5.52. The Morgan fingerprint density at radius 1 is 1.20 bits per heavy atom. The first-order chi connectivity index (χ1) is 9.92. The molecule has 2 atom stereocenters. The Morgan fingerprint density at radius 2 is 2.10 bits per heavy atom. The largest absolute Gasteiger partial charge is 0.378 e. The summed E-state index contributed by atoms with van der Waals surface area (Å²) >= 11 is 0. The van der Waals surface area contributed by atoms with Crippen LogP contribution in [-0.4, -0.2) is 43.8 Å². The minimum absolute atomic E-state index is 0.484. The Labute approximate surface area is 122 Å². The molecule has 1 aromatic carbocycles. The summed E-state index contributed by atoms with van der Waals surface area (Å²) in [6, 6.07) is 11.3. The number of benzene rings is 1. The van der Waals surface area contributed by atoms with E-state index in [0.29, 0.717) is 12.1 Å². The van der Waals surface area contributed by atoms with Gasteiger partial charge in [0, 0.05) is 38.8 Å². The maximum atomic E-state index is 5.84. The van der Waals surface area contributed by atoms with Crippen LogP contribution in [0.25, 0.3) is 0 Å². The first-order valence-corrected chi connectivity index (χ1v) is 8.04. The van der Waals surface area contributed by atoms with Crippen LogP contribution in [0.3, 0.4) is 0 Å². The highest BCUT2D eigenvalue weighted by atomic mass is 16.5. The van der Waals surface area contributed by atoms with Crippen molar-refractivity contribution in [3.63, 3.8) is 0 Å². The van der Waals surface area contributed by atoms with Gasteiger partial charge in [0.1, 0.15) is 0 Å². The summed E-state index contributed by atoms with van der Waals surface area (Å²) in [6.07, 6.45) is 5.56. The molecule has 3 rings (SSSR count). The highest BCUT2D eigenvalue weighted by Crippen LogP contribution is 2.19. The highest BCUT2D eigenvalue weighted by Gasteiger charge is 2.22. The third-order valence-corrected chi connectivity index (χ3v) is 4.50. The van der Waals surface area contributed by atoms with Crippen molar-refractivity contribution in [1.82, 2.24) is 10.2 Å². The van der Waals surface area contributed by atoms with Crippen LogP contribution >= 0.6 is 0 Å². The van der Waals surface area contributed by atoms with E-state index in [9.17, 15) is 0 Å². The minimum atomic E-state index is 0.484. The Hall–Kier alpha value is -0.900. The predicted octanol–water partition coefficient (Wildman–Crippen LogP) is 2.59. The molecule has 2 fully saturated rings. The SMILES string of the molecule is c1ccc(C2CN(CCC3CCCCO3)CCN2)cc1. The molecule has 2 saturated heterocycles. The number of piperazine rings is 1. The van der Waals surface area contributed by atoms with Crippen LogP contribution in [0, 0.1) is 0 Å². The van der Waals surface area contributed by atoms with E-state index >= 15 is 0 Å². The van der Waals surface area contributed by atoms with Crippen molar-refractivity contribution in [2.24, 2.45) is 0 Å². The van der Waals surface area contributed by atoms with Gasteiger partial charge in [-0.05, 0) is 31.2 Å². The third-order valence-electron chi connectivity index (χ3n) is 4.50. The molecule has 0 bridgehead atoms. The number of hydrogen-bond donors (Lipinski definition) is 1. The lowest BCUT2D eigenvalue weighted by molar-refractivity contribution is 0.00399. The zero-order valence-electron chi connectivity index (χ0n) is 12.3. The molecule has 0 spiro atoms. The third kappa shape index (κ3) is 3.81. The molecule has 3 heteroatoms. The topological polar surface area (TPSA) is 24.5 Å². The van der Waals surface area contributed by atoms with Crippen LogP contribution in [-0.2, 0) is 4.74 Å². The predicted molar refractivity (Wildman–Crippen MR) is 81.8 cm³/mol. The number of ether oxygens (including phenoxy) is 1. The maximum absolute atomic E-state index is 5.84. The van der Waals surface area contributed by atoms with Crippen LogP contribution in [0.1, 0.15) is 37.3 Å². The van der Waals surface area contributed by atoms with Gasteiger partial charge in [0.05, 0.1) is 6.10 Å². The van der Waals surface area contributed by atoms with E-state index in [-0.39, 0.29) is 0 Å². The van der Waals surface area contributed by atoms with Crippen LogP contribution < -0.4 is 5.32 Å². The minimum Gasteiger partial charge on any atom is -0.378 e. The van der Waals surface area contributed by atoms with Crippen LogP contribution in [0.2, 0.25) is 0 Å². The fourth-order valence-electron chi connectivity index (χ4n) is 3.28. The molecule has 0 saturated carbocycles. The molecule has 1 N–H and O–H groups in total. The van der Waals surface area contributed by atoms with E-state index in [1.807, 2.05) is 0 Å². The number of hydrogen-bond acceptors (Lipinski definition) is 3. The first kappa shape index (κ1) is 14.1. The van der Waals surface area contributed by atoms with Gasteiger partial charge in [0.15, 0.2) is 0 Å². The van der Waals surface area contributed by atoms with Crippen LogP contribution in [0.15, 0.2) is 30.3 Å². The van der Waals surface area contributed by atoms with Crippen LogP contribution in [0.4, 0.5) is 0 Å². The van der Waals surface area contributed by atoms with Crippen molar-refractivity contribution in [1.29, 1.82) is 0 Å². The van der Waals surface area contributed by atoms with Gasteiger partial charge in [-0.1, -0.05) is 30.3 Å². The fraction of sp³-hybridized carbons (Fsp3) is 0.647. The second-order valence-electron chi connectivity index (χ2n) is 6.00. The van der Waals surface area contributed by atoms with Crippen LogP contribution in [0.5, 0.6) is 0 Å². The molecular formula is C17H26N2O. The number of nitrogens with one attached hydrogen (secondary N) is 1. The molecule has 1 aromatic rings. The fourth-order valence-corrected chi connectivity index (χ4v) is 3.28. The molecule has 110 valence electrons. The first-order valence-electron chi connectivity index (χ1n) is 8.04. The molecule has 2 aliphatic rings. The molecule has 2 heterocycles. The maximum Gasteiger partial charge on any atom is 0.0587 e. The summed E-state index contributed by atoms with van der Waals surface area (Å²) in [7, 11) is 0. The Morgan fingerprint density at radius 3 is 2.90 bits per heavy atom. The standard InChI is InChI=1S/C17H26N2O/c1-2-6-15(7-3-1)17-14-19(12-10-18-17)11-9-16-8-4-5-13-20-16/h1-3,6-7,16-18H,4-5,8-14H2. The molecular weight excluding hydrogens is 248 g/mol. The molecule has 0 aromatic heterocycles. The quantitative estimate of drug-likeness (QED) is 0.913. The average molecular weight is 274 g/mol. The second kappa shape index (κ2) is 7.21. The van der Waals surface area contributed by atoms with E-state index in [4.69, 9.17) is 4.74 Å². The van der Waals surface area contributed by atoms with Gasteiger partial charge in [-0.3, -0.25) is 0 Å². The lowest BCUT2D eigenvalue weighted by Gasteiger charge is -2.35. The zero-order chi connectivity index (χ0) is 13.6. The number of nitrogens with zero attached hydrogens (tertiary/aromatic N) is 1. The summed E-state index contributed by atoms with van der Waals surface area (Å²) in [5.41, 5.74) is 1.41. The van der Waals surface area contributed by atoms with Gasteiger partial charge in [-0.25, -0.2) is 0 Å². The van der Waals surface area contributed by atoms with Gasteiger partial charge < -0.3 is 15.0 Å². The van der Waals surface area contributed by atoms with Crippen molar-refractivity contribution < 1.29 is 4.74 Å². The van der Waals surface area contributed by atoms with E-state index in [1.54, 1.807) is 0 Å². The summed E-state index contributed by atoms with van der Waals surface area (Å²) in [4.78, 5) is 2.59. The summed E-state index contributed by atoms with van der Waals surface area (Å²) in [5.74, 6) is 0. The normalized spacial score (nSPS) is 28.4. The van der Waals surface area contributed by atoms with Gasteiger partial charge in [-0.15, -0.1) is 0 Å². The Bertz CT molecular complexity index is 389. The Balaban J connectivity index is 1.48. The Kier molecular flexibility index (Phi) is 5.06. The second-order valence-corrected chi connectivity index (χ2v) is 6.00. The molecule has 3 nitrogen and oxygen atoms in total. The number of rotatable bonds is 4. The summed E-state index contributed by atoms with van der Waals surface area (Å²) in [5, 5.41) is 3.63. The van der Waals surface area contributed by atoms with Crippen molar-refractivity contribution in [2.75, 3.05) is 32.8 Å². The van der Waals surface area contributed by atoms with Gasteiger partial charge in [0.2, 0.25) is 0 Å². The van der Waals surface area contributed by atoms with Gasteiger partial charge in [0.25, 0.3) is 0 Å². The molecule has 2 aliphatic heterocycles. The highest BCUT2D eigenvalue weighted by molar-refractivity contribution is 5.19. The van der Waals surface area contributed by atoms with E-state index in [1.165, 1.54) is 37.8 Å².